The van der Waals surface area contributed by atoms with Gasteiger partial charge in [0, 0.05) is 5.69 Å². The van der Waals surface area contributed by atoms with E-state index in [0.29, 0.717) is 17.0 Å². The SMILES string of the molecule is CC[C@H](C)Oc1ccc(NC(=O)C2(c3ccccc3)CCCCC2)cc1C(=O)OC. The van der Waals surface area contributed by atoms with Crippen molar-refractivity contribution in [3.8, 4) is 5.75 Å². The summed E-state index contributed by atoms with van der Waals surface area (Å²) in [6, 6.07) is 15.2. The van der Waals surface area contributed by atoms with Crippen LogP contribution in [-0.2, 0) is 14.9 Å². The Morgan fingerprint density at radius 2 is 1.77 bits per heavy atom. The molecule has 0 aromatic heterocycles. The third-order valence-electron chi connectivity index (χ3n) is 6.01. The number of carbonyl (C=O) groups is 2. The molecule has 1 aliphatic rings. The van der Waals surface area contributed by atoms with Gasteiger partial charge in [-0.15, -0.1) is 0 Å². The lowest BCUT2D eigenvalue weighted by Crippen LogP contribution is -2.42. The fourth-order valence-corrected chi connectivity index (χ4v) is 4.09. The molecule has 1 atom stereocenters. The highest BCUT2D eigenvalue weighted by Gasteiger charge is 2.41. The van der Waals surface area contributed by atoms with Crippen LogP contribution < -0.4 is 10.1 Å². The summed E-state index contributed by atoms with van der Waals surface area (Å²) in [5, 5.41) is 3.06. The molecular formula is C25H31NO4. The predicted molar refractivity (Wildman–Crippen MR) is 118 cm³/mol. The molecule has 160 valence electrons. The molecule has 0 unspecified atom stereocenters. The standard InChI is InChI=1S/C25H31NO4/c1-4-18(2)30-22-14-13-20(17-21(22)23(27)29-3)26-24(28)25(15-9-6-10-16-25)19-11-7-5-8-12-19/h5,7-8,11-14,17-18H,4,6,9-10,15-16H2,1-3H3,(H,26,28)/t18-/m0/s1. The third kappa shape index (κ3) is 4.66. The zero-order valence-corrected chi connectivity index (χ0v) is 18.1. The van der Waals surface area contributed by atoms with Crippen molar-refractivity contribution in [2.75, 3.05) is 12.4 Å². The topological polar surface area (TPSA) is 64.6 Å². The lowest BCUT2D eigenvalue weighted by molar-refractivity contribution is -0.122. The first-order valence-electron chi connectivity index (χ1n) is 10.8. The van der Waals surface area contributed by atoms with E-state index in [1.807, 2.05) is 44.2 Å². The van der Waals surface area contributed by atoms with E-state index in [1.165, 1.54) is 7.11 Å². The first-order valence-corrected chi connectivity index (χ1v) is 10.8. The molecule has 0 aliphatic heterocycles. The highest BCUT2D eigenvalue weighted by atomic mass is 16.5. The number of amides is 1. The number of anilines is 1. The van der Waals surface area contributed by atoms with Gasteiger partial charge >= 0.3 is 5.97 Å². The highest BCUT2D eigenvalue weighted by Crippen LogP contribution is 2.40. The second-order valence-electron chi connectivity index (χ2n) is 8.00. The summed E-state index contributed by atoms with van der Waals surface area (Å²) in [5.41, 5.74) is 1.38. The zero-order chi connectivity index (χ0) is 21.6. The van der Waals surface area contributed by atoms with Crippen molar-refractivity contribution >= 4 is 17.6 Å². The lowest BCUT2D eigenvalue weighted by Gasteiger charge is -2.36. The maximum Gasteiger partial charge on any atom is 0.341 e. The second kappa shape index (κ2) is 9.79. The maximum atomic E-state index is 13.5. The van der Waals surface area contributed by atoms with E-state index in [-0.39, 0.29) is 12.0 Å². The van der Waals surface area contributed by atoms with Gasteiger partial charge in [0.05, 0.1) is 18.6 Å². The van der Waals surface area contributed by atoms with E-state index in [1.54, 1.807) is 18.2 Å². The van der Waals surface area contributed by atoms with Crippen molar-refractivity contribution in [2.45, 2.75) is 63.9 Å². The highest BCUT2D eigenvalue weighted by molar-refractivity contribution is 6.01. The van der Waals surface area contributed by atoms with Gasteiger partial charge < -0.3 is 14.8 Å². The van der Waals surface area contributed by atoms with Crippen LogP contribution in [-0.4, -0.2) is 25.1 Å². The summed E-state index contributed by atoms with van der Waals surface area (Å²) in [7, 11) is 1.34. The minimum atomic E-state index is -0.545. The number of nitrogens with one attached hydrogen (secondary N) is 1. The Hall–Kier alpha value is -2.82. The van der Waals surface area contributed by atoms with Crippen molar-refractivity contribution in [3.05, 3.63) is 59.7 Å². The van der Waals surface area contributed by atoms with Crippen LogP contribution in [0, 0.1) is 0 Å². The predicted octanol–water partition coefficient (Wildman–Crippen LogP) is 5.49. The Morgan fingerprint density at radius 3 is 2.40 bits per heavy atom. The Kier molecular flexibility index (Phi) is 7.14. The minimum absolute atomic E-state index is 0.0280. The van der Waals surface area contributed by atoms with Crippen LogP contribution >= 0.6 is 0 Å². The summed E-state index contributed by atoms with van der Waals surface area (Å²) in [6.07, 6.45) is 5.63. The molecular weight excluding hydrogens is 378 g/mol. The fourth-order valence-electron chi connectivity index (χ4n) is 4.09. The van der Waals surface area contributed by atoms with Crippen molar-refractivity contribution in [3.63, 3.8) is 0 Å². The largest absolute Gasteiger partial charge is 0.490 e. The summed E-state index contributed by atoms with van der Waals surface area (Å²) in [6.45, 7) is 3.97. The fraction of sp³-hybridized carbons (Fsp3) is 0.440. The molecule has 3 rings (SSSR count). The van der Waals surface area contributed by atoms with Gasteiger partial charge in [0.15, 0.2) is 0 Å². The number of methoxy groups -OCH3 is 1. The number of hydrogen-bond acceptors (Lipinski definition) is 4. The third-order valence-corrected chi connectivity index (χ3v) is 6.01. The van der Waals surface area contributed by atoms with Crippen LogP contribution in [0.2, 0.25) is 0 Å². The molecule has 1 N–H and O–H groups in total. The Bertz CT molecular complexity index is 872. The Morgan fingerprint density at radius 1 is 1.07 bits per heavy atom. The van der Waals surface area contributed by atoms with Gasteiger partial charge in [-0.25, -0.2) is 4.79 Å². The summed E-state index contributed by atoms with van der Waals surface area (Å²) in [5.74, 6) is -0.0516. The van der Waals surface area contributed by atoms with E-state index in [9.17, 15) is 9.59 Å². The van der Waals surface area contributed by atoms with Gasteiger partial charge in [-0.3, -0.25) is 4.79 Å². The summed E-state index contributed by atoms with van der Waals surface area (Å²) >= 11 is 0. The van der Waals surface area contributed by atoms with Crippen molar-refractivity contribution in [1.29, 1.82) is 0 Å². The van der Waals surface area contributed by atoms with Gasteiger partial charge in [0.1, 0.15) is 11.3 Å². The lowest BCUT2D eigenvalue weighted by atomic mass is 9.68. The number of esters is 1. The number of benzene rings is 2. The van der Waals surface area contributed by atoms with E-state index in [2.05, 4.69) is 5.32 Å². The summed E-state index contributed by atoms with van der Waals surface area (Å²) < 4.78 is 10.8. The molecule has 5 heteroatoms. The second-order valence-corrected chi connectivity index (χ2v) is 8.00. The van der Waals surface area contributed by atoms with Crippen molar-refractivity contribution < 1.29 is 19.1 Å². The normalized spacial score (nSPS) is 16.4. The van der Waals surface area contributed by atoms with E-state index in [0.717, 1.165) is 44.1 Å². The molecule has 0 spiro atoms. The monoisotopic (exact) mass is 409 g/mol. The van der Waals surface area contributed by atoms with Crippen LogP contribution in [0.3, 0.4) is 0 Å². The molecule has 1 fully saturated rings. The summed E-state index contributed by atoms with van der Waals surface area (Å²) in [4.78, 5) is 25.8. The molecule has 0 heterocycles. The van der Waals surface area contributed by atoms with E-state index < -0.39 is 11.4 Å². The minimum Gasteiger partial charge on any atom is -0.490 e. The van der Waals surface area contributed by atoms with Gasteiger partial charge in [-0.05, 0) is 49.9 Å². The first kappa shape index (κ1) is 21.9. The van der Waals surface area contributed by atoms with Gasteiger partial charge in [0.25, 0.3) is 0 Å². The van der Waals surface area contributed by atoms with Crippen LogP contribution in [0.15, 0.2) is 48.5 Å². The molecule has 30 heavy (non-hydrogen) atoms. The first-order chi connectivity index (χ1) is 14.5. The number of ether oxygens (including phenoxy) is 2. The smallest absolute Gasteiger partial charge is 0.341 e. The molecule has 1 amide bonds. The quantitative estimate of drug-likeness (QED) is 0.614. The van der Waals surface area contributed by atoms with Crippen LogP contribution in [0.1, 0.15) is 68.3 Å². The maximum absolute atomic E-state index is 13.5. The Balaban J connectivity index is 1.90. The number of hydrogen-bond donors (Lipinski definition) is 1. The molecule has 0 bridgehead atoms. The molecule has 2 aromatic rings. The van der Waals surface area contributed by atoms with Gasteiger partial charge in [-0.1, -0.05) is 56.5 Å². The van der Waals surface area contributed by atoms with Crippen molar-refractivity contribution in [1.82, 2.24) is 0 Å². The molecule has 2 aromatic carbocycles. The average molecular weight is 410 g/mol. The number of rotatable bonds is 7. The molecule has 0 saturated heterocycles. The molecule has 1 aliphatic carbocycles. The van der Waals surface area contributed by atoms with Crippen LogP contribution in [0.4, 0.5) is 5.69 Å². The zero-order valence-electron chi connectivity index (χ0n) is 18.1. The average Bonchev–Trinajstić information content (AvgIpc) is 2.80. The molecule has 1 saturated carbocycles. The Labute approximate surface area is 178 Å². The molecule has 5 nitrogen and oxygen atoms in total. The van der Waals surface area contributed by atoms with Gasteiger partial charge in [0.2, 0.25) is 5.91 Å². The van der Waals surface area contributed by atoms with E-state index in [4.69, 9.17) is 9.47 Å². The van der Waals surface area contributed by atoms with Crippen LogP contribution in [0.5, 0.6) is 5.75 Å². The van der Waals surface area contributed by atoms with E-state index >= 15 is 0 Å². The van der Waals surface area contributed by atoms with Crippen molar-refractivity contribution in [2.24, 2.45) is 0 Å². The van der Waals surface area contributed by atoms with Crippen LogP contribution in [0.25, 0.3) is 0 Å². The van der Waals surface area contributed by atoms with Gasteiger partial charge in [-0.2, -0.15) is 0 Å². The molecule has 0 radical (unpaired) electrons. The number of carbonyl (C=O) groups excluding carboxylic acids is 2.